The van der Waals surface area contributed by atoms with Gasteiger partial charge >= 0.3 is 0 Å². The van der Waals surface area contributed by atoms with Crippen LogP contribution in [0.4, 0.5) is 0 Å². The molecule has 0 aromatic heterocycles. The van der Waals surface area contributed by atoms with Crippen molar-refractivity contribution in [1.29, 1.82) is 0 Å². The summed E-state index contributed by atoms with van der Waals surface area (Å²) in [4.78, 5) is 56.8. The third-order valence-electron chi connectivity index (χ3n) is 9.56. The zero-order valence-electron chi connectivity index (χ0n) is 27.1. The van der Waals surface area contributed by atoms with Gasteiger partial charge in [0.05, 0.1) is 19.2 Å². The lowest BCUT2D eigenvalue weighted by Crippen LogP contribution is -2.66. The van der Waals surface area contributed by atoms with Gasteiger partial charge in [-0.3, -0.25) is 19.2 Å². The fourth-order valence-corrected chi connectivity index (χ4v) is 6.78. The van der Waals surface area contributed by atoms with Crippen molar-refractivity contribution in [3.8, 4) is 5.75 Å². The van der Waals surface area contributed by atoms with E-state index in [9.17, 15) is 44.7 Å². The van der Waals surface area contributed by atoms with Crippen LogP contribution in [-0.4, -0.2) is 133 Å². The summed E-state index contributed by atoms with van der Waals surface area (Å²) >= 11 is 0. The number of nitrogens with two attached hydrogens (primary N) is 1. The molecule has 3 aliphatic rings. The predicted octanol–water partition coefficient (Wildman–Crippen LogP) is -2.11. The molecule has 0 saturated carbocycles. The smallest absolute Gasteiger partial charge is 0.246 e. The molecule has 49 heavy (non-hydrogen) atoms. The molecular formula is C34H45N5O10. The Hall–Kier alpha value is -4.12. The molecule has 15 nitrogen and oxygen atoms in total. The SMILES string of the molecule is NC(=O)[C@@H]1CCCN1C(=O)[C@H](Cc1ccccc1)NC(=O)[C@@H]1CCCN1C(=O)[C@H](Cc1ccc(O)cc1)NC[C@@]1(O)OC[C@@H](O)[C@@H](O)[C@@H]1O. The molecule has 3 saturated heterocycles. The number of aliphatic hydroxyl groups excluding tert-OH is 3. The number of amides is 4. The van der Waals surface area contributed by atoms with E-state index in [1.54, 1.807) is 12.1 Å². The number of phenolic OH excluding ortho intramolecular Hbond substituents is 1. The maximum absolute atomic E-state index is 14.2. The first-order chi connectivity index (χ1) is 23.4. The highest BCUT2D eigenvalue weighted by molar-refractivity contribution is 5.95. The number of rotatable bonds is 12. The van der Waals surface area contributed by atoms with Gasteiger partial charge in [0.15, 0.2) is 0 Å². The van der Waals surface area contributed by atoms with Gasteiger partial charge in [-0.25, -0.2) is 0 Å². The van der Waals surface area contributed by atoms with Crippen molar-refractivity contribution in [3.63, 3.8) is 0 Å². The highest BCUT2D eigenvalue weighted by Crippen LogP contribution is 2.26. The highest BCUT2D eigenvalue weighted by Gasteiger charge is 2.49. The molecule has 4 amide bonds. The standard InChI is InChI=1S/C34H45N5O10/c35-30(44)25-8-4-14-38(25)33(47)24(17-20-6-2-1-3-7-20)37-31(45)26-9-5-15-39(26)32(46)23(16-21-10-12-22(40)13-11-21)36-19-34(48)29(43)28(42)27(41)18-49-34/h1-3,6-7,10-13,23-29,36,40-43,48H,4-5,8-9,14-19H2,(H2,35,44)(H,37,45)/t23-,24-,25-,26-,27+,28+,29-,34+/m0/s1. The van der Waals surface area contributed by atoms with Crippen LogP contribution in [0.3, 0.4) is 0 Å². The first kappa shape index (κ1) is 36.2. The minimum absolute atomic E-state index is 0.0205. The fraction of sp³-hybridized carbons (Fsp3) is 0.529. The summed E-state index contributed by atoms with van der Waals surface area (Å²) in [6.45, 7) is -0.414. The predicted molar refractivity (Wildman–Crippen MR) is 173 cm³/mol. The molecule has 2 aromatic carbocycles. The molecule has 8 atom stereocenters. The summed E-state index contributed by atoms with van der Waals surface area (Å²) in [5.74, 6) is -4.41. The zero-order valence-corrected chi connectivity index (χ0v) is 27.1. The molecule has 9 N–H and O–H groups in total. The van der Waals surface area contributed by atoms with E-state index in [1.165, 1.54) is 21.9 Å². The summed E-state index contributed by atoms with van der Waals surface area (Å²) in [5, 5.41) is 57.0. The van der Waals surface area contributed by atoms with Gasteiger partial charge < -0.3 is 56.4 Å². The van der Waals surface area contributed by atoms with Crippen LogP contribution in [-0.2, 0) is 36.8 Å². The second kappa shape index (κ2) is 15.6. The van der Waals surface area contributed by atoms with Crippen LogP contribution in [0.25, 0.3) is 0 Å². The number of carbonyl (C=O) groups is 4. The summed E-state index contributed by atoms with van der Waals surface area (Å²) in [5.41, 5.74) is 7.01. The first-order valence-corrected chi connectivity index (χ1v) is 16.5. The maximum Gasteiger partial charge on any atom is 0.246 e. The number of hydrogen-bond donors (Lipinski definition) is 8. The second-order valence-electron chi connectivity index (χ2n) is 13.0. The number of ether oxygens (including phenoxy) is 1. The number of benzene rings is 2. The van der Waals surface area contributed by atoms with Crippen molar-refractivity contribution < 1.29 is 49.4 Å². The van der Waals surface area contributed by atoms with Crippen molar-refractivity contribution in [2.24, 2.45) is 5.73 Å². The third kappa shape index (κ3) is 8.37. The van der Waals surface area contributed by atoms with Crippen LogP contribution >= 0.6 is 0 Å². The molecule has 3 fully saturated rings. The molecule has 0 bridgehead atoms. The average Bonchev–Trinajstić information content (AvgIpc) is 3.79. The van der Waals surface area contributed by atoms with E-state index in [0.29, 0.717) is 37.8 Å². The normalized spacial score (nSPS) is 28.2. The van der Waals surface area contributed by atoms with Crippen LogP contribution in [0.2, 0.25) is 0 Å². The molecule has 0 aliphatic carbocycles. The Balaban J connectivity index is 1.35. The van der Waals surface area contributed by atoms with E-state index in [2.05, 4.69) is 10.6 Å². The Morgan fingerprint density at radius 1 is 0.857 bits per heavy atom. The van der Waals surface area contributed by atoms with Crippen molar-refractivity contribution >= 4 is 23.6 Å². The van der Waals surface area contributed by atoms with Crippen molar-refractivity contribution in [1.82, 2.24) is 20.4 Å². The number of primary amides is 1. The van der Waals surface area contributed by atoms with E-state index in [1.807, 2.05) is 30.3 Å². The van der Waals surface area contributed by atoms with E-state index < -0.39 is 85.0 Å². The number of carbonyl (C=O) groups excluding carboxylic acids is 4. The van der Waals surface area contributed by atoms with Gasteiger partial charge in [0.25, 0.3) is 0 Å². The number of phenols is 1. The van der Waals surface area contributed by atoms with Crippen LogP contribution in [0, 0.1) is 0 Å². The van der Waals surface area contributed by atoms with Gasteiger partial charge in [0, 0.05) is 19.5 Å². The van der Waals surface area contributed by atoms with Gasteiger partial charge in [-0.05, 0) is 55.4 Å². The van der Waals surface area contributed by atoms with Gasteiger partial charge in [-0.15, -0.1) is 0 Å². The molecule has 0 unspecified atom stereocenters. The topological polar surface area (TPSA) is 235 Å². The minimum atomic E-state index is -2.34. The van der Waals surface area contributed by atoms with Gasteiger partial charge in [-0.2, -0.15) is 0 Å². The van der Waals surface area contributed by atoms with Gasteiger partial charge in [0.2, 0.25) is 29.4 Å². The number of aromatic hydroxyl groups is 1. The summed E-state index contributed by atoms with van der Waals surface area (Å²) < 4.78 is 5.27. The van der Waals surface area contributed by atoms with E-state index >= 15 is 0 Å². The van der Waals surface area contributed by atoms with E-state index in [-0.39, 0.29) is 25.1 Å². The van der Waals surface area contributed by atoms with Gasteiger partial charge in [0.1, 0.15) is 42.2 Å². The Labute approximate surface area is 283 Å². The van der Waals surface area contributed by atoms with E-state index in [0.717, 1.165) is 5.56 Å². The zero-order chi connectivity index (χ0) is 35.3. The van der Waals surface area contributed by atoms with E-state index in [4.69, 9.17) is 10.5 Å². The molecule has 266 valence electrons. The highest BCUT2D eigenvalue weighted by atomic mass is 16.6. The number of nitrogens with zero attached hydrogens (tertiary/aromatic N) is 2. The molecule has 5 rings (SSSR count). The van der Waals surface area contributed by atoms with Crippen molar-refractivity contribution in [2.45, 2.75) is 86.8 Å². The Morgan fingerprint density at radius 3 is 2.08 bits per heavy atom. The van der Waals surface area contributed by atoms with Gasteiger partial charge in [-0.1, -0.05) is 42.5 Å². The van der Waals surface area contributed by atoms with Crippen LogP contribution < -0.4 is 16.4 Å². The summed E-state index contributed by atoms with van der Waals surface area (Å²) in [6, 6.07) is 11.4. The van der Waals surface area contributed by atoms with Crippen LogP contribution in [0.15, 0.2) is 54.6 Å². The average molecular weight is 684 g/mol. The lowest BCUT2D eigenvalue weighted by molar-refractivity contribution is -0.318. The minimum Gasteiger partial charge on any atom is -0.508 e. The number of hydrogen-bond acceptors (Lipinski definition) is 11. The lowest BCUT2D eigenvalue weighted by Gasteiger charge is -2.42. The number of aliphatic hydroxyl groups is 4. The monoisotopic (exact) mass is 683 g/mol. The Bertz CT molecular complexity index is 1480. The molecule has 15 heteroatoms. The van der Waals surface area contributed by atoms with Crippen LogP contribution in [0.1, 0.15) is 36.8 Å². The lowest BCUT2D eigenvalue weighted by atomic mass is 9.96. The van der Waals surface area contributed by atoms with Crippen molar-refractivity contribution in [2.75, 3.05) is 26.2 Å². The molecular weight excluding hydrogens is 638 g/mol. The summed E-state index contributed by atoms with van der Waals surface area (Å²) in [7, 11) is 0. The molecule has 3 heterocycles. The summed E-state index contributed by atoms with van der Waals surface area (Å²) in [6.07, 6.45) is -2.94. The number of likely N-dealkylation sites (tertiary alicyclic amines) is 2. The molecule has 0 radical (unpaired) electrons. The fourth-order valence-electron chi connectivity index (χ4n) is 6.78. The maximum atomic E-state index is 14.2. The largest absolute Gasteiger partial charge is 0.508 e. The Morgan fingerprint density at radius 2 is 1.43 bits per heavy atom. The third-order valence-corrected chi connectivity index (χ3v) is 9.56. The first-order valence-electron chi connectivity index (χ1n) is 16.5. The number of nitrogens with one attached hydrogen (secondary N) is 2. The quantitative estimate of drug-likeness (QED) is 0.121. The molecule has 0 spiro atoms. The Kier molecular flexibility index (Phi) is 11.5. The second-order valence-corrected chi connectivity index (χ2v) is 13.0. The molecule has 2 aromatic rings. The molecule has 3 aliphatic heterocycles. The van der Waals surface area contributed by atoms with Crippen LogP contribution in [0.5, 0.6) is 5.75 Å². The van der Waals surface area contributed by atoms with Crippen molar-refractivity contribution in [3.05, 3.63) is 65.7 Å².